The molecule has 0 bridgehead atoms. The average molecular weight is 293 g/mol. The van der Waals surface area contributed by atoms with Crippen LogP contribution >= 0.6 is 0 Å². The Morgan fingerprint density at radius 1 is 1.67 bits per heavy atom. The van der Waals surface area contributed by atoms with E-state index in [9.17, 15) is 10.1 Å². The van der Waals surface area contributed by atoms with Crippen molar-refractivity contribution in [2.75, 3.05) is 11.4 Å². The standard InChI is InChI=1S/C13H19N5O3/c1-2-10-5-3-4-6-17(10)13-11(18(20)21)7-9(8-15-13)12(14)16-19/h7-8,10,19H,2-6H2,1H3,(H2,14,16). The summed E-state index contributed by atoms with van der Waals surface area (Å²) in [6, 6.07) is 1.57. The van der Waals surface area contributed by atoms with Gasteiger partial charge in [-0.15, -0.1) is 0 Å². The molecule has 8 nitrogen and oxygen atoms in total. The first-order chi connectivity index (χ1) is 10.1. The van der Waals surface area contributed by atoms with Gasteiger partial charge in [0.15, 0.2) is 5.84 Å². The maximum absolute atomic E-state index is 11.3. The largest absolute Gasteiger partial charge is 0.409 e. The van der Waals surface area contributed by atoms with Gasteiger partial charge in [-0.2, -0.15) is 0 Å². The van der Waals surface area contributed by atoms with Crippen LogP contribution < -0.4 is 10.6 Å². The Hall–Kier alpha value is -2.38. The molecule has 1 aromatic rings. The number of oxime groups is 1. The Bertz CT molecular complexity index is 561. The third-order valence-corrected chi connectivity index (χ3v) is 3.82. The van der Waals surface area contributed by atoms with Crippen molar-refractivity contribution in [1.29, 1.82) is 0 Å². The van der Waals surface area contributed by atoms with Crippen molar-refractivity contribution >= 4 is 17.3 Å². The molecule has 0 amide bonds. The van der Waals surface area contributed by atoms with Crippen LogP contribution in [0.25, 0.3) is 0 Å². The lowest BCUT2D eigenvalue weighted by Gasteiger charge is -2.35. The van der Waals surface area contributed by atoms with Crippen molar-refractivity contribution in [3.8, 4) is 0 Å². The van der Waals surface area contributed by atoms with E-state index in [1.54, 1.807) is 0 Å². The monoisotopic (exact) mass is 293 g/mol. The number of anilines is 1. The summed E-state index contributed by atoms with van der Waals surface area (Å²) in [4.78, 5) is 17.0. The van der Waals surface area contributed by atoms with Gasteiger partial charge in [0, 0.05) is 30.4 Å². The molecule has 0 aromatic carbocycles. The third kappa shape index (κ3) is 3.04. The molecule has 2 heterocycles. The fourth-order valence-electron chi connectivity index (χ4n) is 2.70. The summed E-state index contributed by atoms with van der Waals surface area (Å²) in [6.45, 7) is 2.83. The van der Waals surface area contributed by atoms with Gasteiger partial charge in [-0.3, -0.25) is 10.1 Å². The molecule has 1 aliphatic rings. The van der Waals surface area contributed by atoms with E-state index in [-0.39, 0.29) is 23.1 Å². The second-order valence-electron chi connectivity index (χ2n) is 5.06. The number of nitrogens with zero attached hydrogens (tertiary/aromatic N) is 4. The van der Waals surface area contributed by atoms with Crippen molar-refractivity contribution in [3.05, 3.63) is 27.9 Å². The second-order valence-corrected chi connectivity index (χ2v) is 5.06. The minimum absolute atomic E-state index is 0.112. The average Bonchev–Trinajstić information content (AvgIpc) is 2.53. The van der Waals surface area contributed by atoms with Crippen LogP contribution in [0.4, 0.5) is 11.5 Å². The van der Waals surface area contributed by atoms with Crippen LogP contribution in [0.1, 0.15) is 38.2 Å². The van der Waals surface area contributed by atoms with E-state index in [2.05, 4.69) is 17.1 Å². The Kier molecular flexibility index (Phi) is 4.56. The van der Waals surface area contributed by atoms with E-state index in [1.165, 1.54) is 12.3 Å². The lowest BCUT2D eigenvalue weighted by atomic mass is 10.00. The molecule has 3 N–H and O–H groups in total. The number of hydrogen-bond donors (Lipinski definition) is 2. The van der Waals surface area contributed by atoms with Gasteiger partial charge in [0.05, 0.1) is 4.92 Å². The minimum atomic E-state index is -0.474. The molecule has 0 saturated carbocycles. The molecular weight excluding hydrogens is 274 g/mol. The summed E-state index contributed by atoms with van der Waals surface area (Å²) in [5.74, 6) is 0.170. The summed E-state index contributed by atoms with van der Waals surface area (Å²) in [7, 11) is 0. The molecule has 21 heavy (non-hydrogen) atoms. The van der Waals surface area contributed by atoms with Gasteiger partial charge in [0.25, 0.3) is 0 Å². The number of pyridine rings is 1. The first-order valence-corrected chi connectivity index (χ1v) is 6.97. The molecule has 1 atom stereocenters. The summed E-state index contributed by atoms with van der Waals surface area (Å²) in [6.07, 6.45) is 5.46. The maximum atomic E-state index is 11.3. The molecule has 1 fully saturated rings. The summed E-state index contributed by atoms with van der Waals surface area (Å²) in [5.41, 5.74) is 5.59. The fraction of sp³-hybridized carbons (Fsp3) is 0.538. The van der Waals surface area contributed by atoms with Crippen molar-refractivity contribution in [2.24, 2.45) is 10.9 Å². The third-order valence-electron chi connectivity index (χ3n) is 3.82. The Morgan fingerprint density at radius 2 is 2.43 bits per heavy atom. The quantitative estimate of drug-likeness (QED) is 0.287. The van der Waals surface area contributed by atoms with Crippen LogP contribution in [0.15, 0.2) is 17.4 Å². The molecule has 0 radical (unpaired) electrons. The van der Waals surface area contributed by atoms with Gasteiger partial charge >= 0.3 is 5.69 Å². The molecule has 0 aliphatic carbocycles. The Labute approximate surface area is 122 Å². The van der Waals surface area contributed by atoms with Gasteiger partial charge in [0.1, 0.15) is 0 Å². The highest BCUT2D eigenvalue weighted by Gasteiger charge is 2.29. The molecule has 0 spiro atoms. The number of nitro groups is 1. The SMILES string of the molecule is CCC1CCCCN1c1ncc(C(N)=NO)cc1[N+](=O)[O-]. The van der Waals surface area contributed by atoms with Gasteiger partial charge in [-0.1, -0.05) is 12.1 Å². The lowest BCUT2D eigenvalue weighted by molar-refractivity contribution is -0.384. The van der Waals surface area contributed by atoms with Gasteiger partial charge in [-0.25, -0.2) is 4.98 Å². The molecular formula is C13H19N5O3. The normalized spacial score (nSPS) is 19.6. The smallest absolute Gasteiger partial charge is 0.312 e. The first kappa shape index (κ1) is 15.0. The highest BCUT2D eigenvalue weighted by atomic mass is 16.6. The molecule has 1 aliphatic heterocycles. The van der Waals surface area contributed by atoms with Crippen molar-refractivity contribution in [2.45, 2.75) is 38.6 Å². The maximum Gasteiger partial charge on any atom is 0.312 e. The molecule has 1 saturated heterocycles. The zero-order valence-corrected chi connectivity index (χ0v) is 11.9. The first-order valence-electron chi connectivity index (χ1n) is 6.97. The highest BCUT2D eigenvalue weighted by Crippen LogP contribution is 2.32. The Balaban J connectivity index is 2.45. The van der Waals surface area contributed by atoms with Gasteiger partial charge in [-0.05, 0) is 25.7 Å². The van der Waals surface area contributed by atoms with E-state index >= 15 is 0 Å². The zero-order valence-electron chi connectivity index (χ0n) is 11.9. The van der Waals surface area contributed by atoms with Crippen LogP contribution in [-0.2, 0) is 0 Å². The number of hydrogen-bond acceptors (Lipinski definition) is 6. The fourth-order valence-corrected chi connectivity index (χ4v) is 2.70. The van der Waals surface area contributed by atoms with Crippen LogP contribution in [0.2, 0.25) is 0 Å². The minimum Gasteiger partial charge on any atom is -0.409 e. The summed E-state index contributed by atoms with van der Waals surface area (Å²) in [5, 5.41) is 22.8. The van der Waals surface area contributed by atoms with E-state index in [0.717, 1.165) is 32.2 Å². The predicted molar refractivity (Wildman–Crippen MR) is 78.7 cm³/mol. The molecule has 114 valence electrons. The topological polar surface area (TPSA) is 118 Å². The Morgan fingerprint density at radius 3 is 3.05 bits per heavy atom. The van der Waals surface area contributed by atoms with Crippen LogP contribution in [-0.4, -0.2) is 33.5 Å². The van der Waals surface area contributed by atoms with Crippen molar-refractivity contribution in [1.82, 2.24) is 4.98 Å². The highest BCUT2D eigenvalue weighted by molar-refractivity contribution is 5.97. The van der Waals surface area contributed by atoms with Crippen molar-refractivity contribution < 1.29 is 10.1 Å². The van der Waals surface area contributed by atoms with E-state index in [1.807, 2.05) is 4.90 Å². The number of aromatic nitrogens is 1. The van der Waals surface area contributed by atoms with E-state index in [4.69, 9.17) is 10.9 Å². The lowest BCUT2D eigenvalue weighted by Crippen LogP contribution is -2.40. The van der Waals surface area contributed by atoms with E-state index in [0.29, 0.717) is 5.82 Å². The molecule has 2 rings (SSSR count). The predicted octanol–water partition coefficient (Wildman–Crippen LogP) is 1.85. The molecule has 8 heteroatoms. The zero-order chi connectivity index (χ0) is 15.4. The number of piperidine rings is 1. The van der Waals surface area contributed by atoms with Gasteiger partial charge < -0.3 is 15.8 Å². The van der Waals surface area contributed by atoms with Gasteiger partial charge in [0.2, 0.25) is 5.82 Å². The molecule has 1 aromatic heterocycles. The number of nitrogens with two attached hydrogens (primary N) is 1. The van der Waals surface area contributed by atoms with Crippen molar-refractivity contribution in [3.63, 3.8) is 0 Å². The number of rotatable bonds is 4. The van der Waals surface area contributed by atoms with Crippen LogP contribution in [0.5, 0.6) is 0 Å². The van der Waals surface area contributed by atoms with Crippen LogP contribution in [0, 0.1) is 10.1 Å². The summed E-state index contributed by atoms with van der Waals surface area (Å²) < 4.78 is 0. The number of amidine groups is 1. The second kappa shape index (κ2) is 6.38. The van der Waals surface area contributed by atoms with Crippen LogP contribution in [0.3, 0.4) is 0 Å². The summed E-state index contributed by atoms with van der Waals surface area (Å²) >= 11 is 0. The van der Waals surface area contributed by atoms with E-state index < -0.39 is 4.92 Å². The molecule has 1 unspecified atom stereocenters.